The van der Waals surface area contributed by atoms with E-state index in [1.54, 1.807) is 7.11 Å². The van der Waals surface area contributed by atoms with Crippen molar-refractivity contribution in [1.82, 2.24) is 10.2 Å². The Morgan fingerprint density at radius 3 is 2.48 bits per heavy atom. The number of nitrogens with zero attached hydrogens (tertiary/aromatic N) is 1. The maximum Gasteiger partial charge on any atom is 0.325 e. The van der Waals surface area contributed by atoms with Gasteiger partial charge in [-0.25, -0.2) is 4.79 Å². The van der Waals surface area contributed by atoms with E-state index >= 15 is 0 Å². The third-order valence-corrected chi connectivity index (χ3v) is 4.74. The number of nitrogens with one attached hydrogen (secondary N) is 1. The molecule has 0 aromatic heterocycles. The lowest BCUT2D eigenvalue weighted by Gasteiger charge is -2.26. The van der Waals surface area contributed by atoms with Crippen LogP contribution in [0.1, 0.15) is 30.0 Å². The van der Waals surface area contributed by atoms with E-state index in [2.05, 4.69) is 5.32 Å². The number of imide groups is 1. The lowest BCUT2D eigenvalue weighted by molar-refractivity contribution is -0.132. The molecular formula is C20H22N2O3. The first-order valence-corrected chi connectivity index (χ1v) is 8.35. The minimum Gasteiger partial charge on any atom is -0.496 e. The van der Waals surface area contributed by atoms with E-state index in [-0.39, 0.29) is 18.5 Å². The summed E-state index contributed by atoms with van der Waals surface area (Å²) < 4.78 is 5.37. The third-order valence-electron chi connectivity index (χ3n) is 4.74. The fourth-order valence-electron chi connectivity index (χ4n) is 3.33. The zero-order chi connectivity index (χ0) is 18.0. The molecule has 1 unspecified atom stereocenters. The number of hydrogen-bond donors (Lipinski definition) is 1. The van der Waals surface area contributed by atoms with Crippen molar-refractivity contribution in [3.63, 3.8) is 0 Å². The van der Waals surface area contributed by atoms with Gasteiger partial charge in [0.15, 0.2) is 0 Å². The average molecular weight is 338 g/mol. The highest BCUT2D eigenvalue weighted by atomic mass is 16.5. The van der Waals surface area contributed by atoms with Crippen molar-refractivity contribution >= 4 is 11.9 Å². The molecule has 2 aromatic rings. The quantitative estimate of drug-likeness (QED) is 0.851. The molecule has 0 aliphatic carbocycles. The van der Waals surface area contributed by atoms with Crippen LogP contribution in [0.2, 0.25) is 0 Å². The van der Waals surface area contributed by atoms with Gasteiger partial charge < -0.3 is 10.1 Å². The SMILES string of the molecule is CCC1(c2ccccc2)NC(=O)N(Cc2cc(C)ccc2OC)C1=O. The van der Waals surface area contributed by atoms with E-state index in [9.17, 15) is 9.59 Å². The summed E-state index contributed by atoms with van der Waals surface area (Å²) in [5.41, 5.74) is 1.66. The number of amides is 3. The summed E-state index contributed by atoms with van der Waals surface area (Å²) >= 11 is 0. The smallest absolute Gasteiger partial charge is 0.325 e. The van der Waals surface area contributed by atoms with Gasteiger partial charge in [-0.3, -0.25) is 9.69 Å². The van der Waals surface area contributed by atoms with Crippen LogP contribution in [0.15, 0.2) is 48.5 Å². The molecule has 1 N–H and O–H groups in total. The molecule has 0 spiro atoms. The number of urea groups is 1. The summed E-state index contributed by atoms with van der Waals surface area (Å²) in [6.07, 6.45) is 0.489. The summed E-state index contributed by atoms with van der Waals surface area (Å²) in [6, 6.07) is 14.7. The van der Waals surface area contributed by atoms with Crippen molar-refractivity contribution in [2.24, 2.45) is 0 Å². The molecule has 1 atom stereocenters. The lowest BCUT2D eigenvalue weighted by Crippen LogP contribution is -2.43. The van der Waals surface area contributed by atoms with E-state index in [0.29, 0.717) is 12.2 Å². The molecule has 1 aliphatic heterocycles. The van der Waals surface area contributed by atoms with Crippen LogP contribution in [-0.4, -0.2) is 23.9 Å². The van der Waals surface area contributed by atoms with Crippen LogP contribution in [0.4, 0.5) is 4.79 Å². The summed E-state index contributed by atoms with van der Waals surface area (Å²) in [5.74, 6) is 0.440. The van der Waals surface area contributed by atoms with E-state index in [1.165, 1.54) is 4.90 Å². The minimum atomic E-state index is -1.00. The van der Waals surface area contributed by atoms with Crippen LogP contribution < -0.4 is 10.1 Å². The van der Waals surface area contributed by atoms with E-state index < -0.39 is 5.54 Å². The highest BCUT2D eigenvalue weighted by Gasteiger charge is 2.51. The van der Waals surface area contributed by atoms with Gasteiger partial charge in [0.1, 0.15) is 11.3 Å². The van der Waals surface area contributed by atoms with E-state index in [0.717, 1.165) is 16.7 Å². The van der Waals surface area contributed by atoms with Crippen LogP contribution in [0, 0.1) is 6.92 Å². The molecule has 0 bridgehead atoms. The maximum atomic E-state index is 13.2. The van der Waals surface area contributed by atoms with E-state index in [4.69, 9.17) is 4.74 Å². The van der Waals surface area contributed by atoms with Gasteiger partial charge in [-0.15, -0.1) is 0 Å². The molecule has 1 heterocycles. The predicted molar refractivity (Wildman–Crippen MR) is 95.2 cm³/mol. The number of ether oxygens (including phenoxy) is 1. The second-order valence-electron chi connectivity index (χ2n) is 6.26. The Bertz CT molecular complexity index is 804. The summed E-state index contributed by atoms with van der Waals surface area (Å²) in [4.78, 5) is 27.0. The Labute approximate surface area is 147 Å². The molecule has 1 saturated heterocycles. The maximum absolute atomic E-state index is 13.2. The number of benzene rings is 2. The van der Waals surface area contributed by atoms with Crippen molar-refractivity contribution in [3.8, 4) is 5.75 Å². The average Bonchev–Trinajstić information content (AvgIpc) is 2.88. The molecule has 1 fully saturated rings. The Kier molecular flexibility index (Phi) is 4.49. The molecule has 2 aromatic carbocycles. The van der Waals surface area contributed by atoms with Gasteiger partial charge in [-0.1, -0.05) is 55.0 Å². The Hall–Kier alpha value is -2.82. The molecule has 5 nitrogen and oxygen atoms in total. The fourth-order valence-corrected chi connectivity index (χ4v) is 3.33. The number of carbonyl (C=O) groups is 2. The molecular weight excluding hydrogens is 316 g/mol. The third kappa shape index (κ3) is 2.86. The Morgan fingerprint density at radius 1 is 1.12 bits per heavy atom. The van der Waals surface area contributed by atoms with Crippen molar-refractivity contribution in [3.05, 3.63) is 65.2 Å². The molecule has 130 valence electrons. The number of methoxy groups -OCH3 is 1. The van der Waals surface area contributed by atoms with Gasteiger partial charge >= 0.3 is 6.03 Å². The topological polar surface area (TPSA) is 58.6 Å². The highest BCUT2D eigenvalue weighted by Crippen LogP contribution is 2.34. The van der Waals surface area contributed by atoms with Crippen molar-refractivity contribution in [2.45, 2.75) is 32.4 Å². The standard InChI is InChI=1S/C20H22N2O3/c1-4-20(16-8-6-5-7-9-16)18(23)22(19(24)21-20)13-15-12-14(2)10-11-17(15)25-3/h5-12H,4,13H2,1-3H3,(H,21,24). The fraction of sp³-hybridized carbons (Fsp3) is 0.300. The minimum absolute atomic E-state index is 0.185. The zero-order valence-electron chi connectivity index (χ0n) is 14.7. The Balaban J connectivity index is 1.96. The van der Waals surface area contributed by atoms with Gasteiger partial charge in [0.05, 0.1) is 13.7 Å². The Morgan fingerprint density at radius 2 is 1.84 bits per heavy atom. The molecule has 25 heavy (non-hydrogen) atoms. The van der Waals surface area contributed by atoms with Gasteiger partial charge in [-0.05, 0) is 25.0 Å². The summed E-state index contributed by atoms with van der Waals surface area (Å²) in [7, 11) is 1.58. The van der Waals surface area contributed by atoms with Gasteiger partial charge in [0.25, 0.3) is 5.91 Å². The molecule has 3 amide bonds. The lowest BCUT2D eigenvalue weighted by atomic mass is 9.87. The monoisotopic (exact) mass is 338 g/mol. The number of aryl methyl sites for hydroxylation is 1. The first-order valence-electron chi connectivity index (χ1n) is 8.35. The first-order chi connectivity index (χ1) is 12.0. The van der Waals surface area contributed by atoms with Crippen molar-refractivity contribution in [2.75, 3.05) is 7.11 Å². The molecule has 3 rings (SSSR count). The number of rotatable bonds is 5. The second kappa shape index (κ2) is 6.59. The van der Waals surface area contributed by atoms with Crippen LogP contribution >= 0.6 is 0 Å². The van der Waals surface area contributed by atoms with Crippen LogP contribution in [0.25, 0.3) is 0 Å². The van der Waals surface area contributed by atoms with Gasteiger partial charge in [0, 0.05) is 5.56 Å². The van der Waals surface area contributed by atoms with Gasteiger partial charge in [0.2, 0.25) is 0 Å². The van der Waals surface area contributed by atoms with Gasteiger partial charge in [-0.2, -0.15) is 0 Å². The van der Waals surface area contributed by atoms with Crippen LogP contribution in [0.3, 0.4) is 0 Å². The predicted octanol–water partition coefficient (Wildman–Crippen LogP) is 3.36. The molecule has 1 aliphatic rings. The molecule has 0 radical (unpaired) electrons. The number of carbonyl (C=O) groups excluding carboxylic acids is 2. The largest absolute Gasteiger partial charge is 0.496 e. The molecule has 5 heteroatoms. The highest BCUT2D eigenvalue weighted by molar-refractivity contribution is 6.07. The summed E-state index contributed by atoms with van der Waals surface area (Å²) in [6.45, 7) is 4.06. The second-order valence-corrected chi connectivity index (χ2v) is 6.26. The van der Waals surface area contributed by atoms with Crippen molar-refractivity contribution in [1.29, 1.82) is 0 Å². The summed E-state index contributed by atoms with van der Waals surface area (Å²) in [5, 5.41) is 2.90. The zero-order valence-corrected chi connectivity index (χ0v) is 14.7. The van der Waals surface area contributed by atoms with Crippen LogP contribution in [0.5, 0.6) is 5.75 Å². The number of hydrogen-bond acceptors (Lipinski definition) is 3. The van der Waals surface area contributed by atoms with E-state index in [1.807, 2.05) is 62.4 Å². The van der Waals surface area contributed by atoms with Crippen LogP contribution in [-0.2, 0) is 16.9 Å². The normalized spacial score (nSPS) is 19.9. The molecule has 0 saturated carbocycles. The first kappa shape index (κ1) is 17.0. The van der Waals surface area contributed by atoms with Crippen molar-refractivity contribution < 1.29 is 14.3 Å².